The SMILES string of the molecule is O=C(Nc1cnn(C2CCNCC2)c1)c1ncccc1Br. The highest BCUT2D eigenvalue weighted by atomic mass is 79.9. The van der Waals surface area contributed by atoms with Crippen LogP contribution in [0.3, 0.4) is 0 Å². The van der Waals surface area contributed by atoms with Gasteiger partial charge < -0.3 is 10.6 Å². The molecule has 2 aromatic rings. The second kappa shape index (κ2) is 6.36. The van der Waals surface area contributed by atoms with Crippen LogP contribution in [0.25, 0.3) is 0 Å². The van der Waals surface area contributed by atoms with E-state index in [2.05, 4.69) is 36.6 Å². The van der Waals surface area contributed by atoms with Gasteiger partial charge in [-0.2, -0.15) is 5.10 Å². The molecule has 0 radical (unpaired) electrons. The van der Waals surface area contributed by atoms with Crippen molar-refractivity contribution in [3.8, 4) is 0 Å². The first kappa shape index (κ1) is 14.2. The highest BCUT2D eigenvalue weighted by molar-refractivity contribution is 9.10. The van der Waals surface area contributed by atoms with Gasteiger partial charge in [0, 0.05) is 16.9 Å². The molecule has 2 aromatic heterocycles. The number of carbonyl (C=O) groups is 1. The first-order chi connectivity index (χ1) is 10.2. The number of aromatic nitrogens is 3. The van der Waals surface area contributed by atoms with Crippen LogP contribution < -0.4 is 10.6 Å². The molecule has 0 atom stereocenters. The summed E-state index contributed by atoms with van der Waals surface area (Å²) in [6, 6.07) is 3.97. The molecule has 0 unspecified atom stereocenters. The summed E-state index contributed by atoms with van der Waals surface area (Å²) in [6.07, 6.45) is 7.27. The Hall–Kier alpha value is -1.73. The summed E-state index contributed by atoms with van der Waals surface area (Å²) < 4.78 is 2.61. The molecule has 3 heterocycles. The number of anilines is 1. The maximum absolute atomic E-state index is 12.2. The van der Waals surface area contributed by atoms with Gasteiger partial charge in [-0.05, 0) is 54.0 Å². The highest BCUT2D eigenvalue weighted by Gasteiger charge is 2.17. The van der Waals surface area contributed by atoms with Gasteiger partial charge in [0.05, 0.1) is 17.9 Å². The lowest BCUT2D eigenvalue weighted by atomic mass is 10.1. The number of halogens is 1. The van der Waals surface area contributed by atoms with Crippen LogP contribution in [0.2, 0.25) is 0 Å². The molecule has 1 saturated heterocycles. The Bertz CT molecular complexity index is 636. The summed E-state index contributed by atoms with van der Waals surface area (Å²) in [7, 11) is 0. The normalized spacial score (nSPS) is 15.9. The van der Waals surface area contributed by atoms with Crippen LogP contribution in [-0.4, -0.2) is 33.8 Å². The fourth-order valence-corrected chi connectivity index (χ4v) is 2.85. The minimum atomic E-state index is -0.243. The number of nitrogens with one attached hydrogen (secondary N) is 2. The van der Waals surface area contributed by atoms with E-state index in [4.69, 9.17) is 0 Å². The van der Waals surface area contributed by atoms with Crippen LogP contribution in [0.5, 0.6) is 0 Å². The second-order valence-electron chi connectivity index (χ2n) is 4.98. The molecule has 110 valence electrons. The molecule has 2 N–H and O–H groups in total. The first-order valence-corrected chi connectivity index (χ1v) is 7.70. The van der Waals surface area contributed by atoms with Gasteiger partial charge in [-0.1, -0.05) is 0 Å². The van der Waals surface area contributed by atoms with Crippen molar-refractivity contribution < 1.29 is 4.79 Å². The molecule has 3 rings (SSSR count). The predicted molar refractivity (Wildman–Crippen MR) is 83.3 cm³/mol. The van der Waals surface area contributed by atoms with E-state index in [0.29, 0.717) is 21.9 Å². The summed E-state index contributed by atoms with van der Waals surface area (Å²) in [5, 5.41) is 10.5. The third-order valence-corrected chi connectivity index (χ3v) is 4.16. The number of nitrogens with zero attached hydrogens (tertiary/aromatic N) is 3. The Balaban J connectivity index is 1.69. The topological polar surface area (TPSA) is 71.8 Å². The lowest BCUT2D eigenvalue weighted by Gasteiger charge is -2.22. The Morgan fingerprint density at radius 1 is 1.43 bits per heavy atom. The van der Waals surface area contributed by atoms with Crippen molar-refractivity contribution in [1.29, 1.82) is 0 Å². The van der Waals surface area contributed by atoms with Crippen molar-refractivity contribution in [3.05, 3.63) is 40.9 Å². The molecular formula is C14H16BrN5O. The number of piperidine rings is 1. The van der Waals surface area contributed by atoms with Gasteiger partial charge in [-0.3, -0.25) is 9.48 Å². The predicted octanol–water partition coefficient (Wildman–Crippen LogP) is 2.22. The number of amides is 1. The molecule has 21 heavy (non-hydrogen) atoms. The van der Waals surface area contributed by atoms with E-state index in [1.165, 1.54) is 0 Å². The van der Waals surface area contributed by atoms with Crippen LogP contribution in [0, 0.1) is 0 Å². The molecule has 1 fully saturated rings. The molecule has 1 amide bonds. The third-order valence-electron chi connectivity index (χ3n) is 3.52. The van der Waals surface area contributed by atoms with E-state index in [-0.39, 0.29) is 5.91 Å². The van der Waals surface area contributed by atoms with E-state index in [0.717, 1.165) is 25.9 Å². The lowest BCUT2D eigenvalue weighted by molar-refractivity contribution is 0.102. The molecule has 0 spiro atoms. The van der Waals surface area contributed by atoms with Gasteiger partial charge in [0.15, 0.2) is 0 Å². The van der Waals surface area contributed by atoms with E-state index in [9.17, 15) is 4.79 Å². The van der Waals surface area contributed by atoms with Crippen molar-refractivity contribution >= 4 is 27.5 Å². The number of pyridine rings is 1. The number of carbonyl (C=O) groups excluding carboxylic acids is 1. The maximum Gasteiger partial charge on any atom is 0.275 e. The van der Waals surface area contributed by atoms with E-state index in [1.54, 1.807) is 24.5 Å². The Morgan fingerprint density at radius 2 is 2.24 bits per heavy atom. The number of rotatable bonds is 3. The minimum absolute atomic E-state index is 0.243. The second-order valence-corrected chi connectivity index (χ2v) is 5.83. The van der Waals surface area contributed by atoms with Gasteiger partial charge in [0.2, 0.25) is 0 Å². The van der Waals surface area contributed by atoms with Gasteiger partial charge in [-0.15, -0.1) is 0 Å². The van der Waals surface area contributed by atoms with E-state index in [1.807, 2.05) is 10.9 Å². The smallest absolute Gasteiger partial charge is 0.275 e. The molecule has 6 nitrogen and oxygen atoms in total. The summed E-state index contributed by atoms with van der Waals surface area (Å²) in [5.41, 5.74) is 1.06. The maximum atomic E-state index is 12.2. The van der Waals surface area contributed by atoms with Crippen molar-refractivity contribution in [2.24, 2.45) is 0 Å². The van der Waals surface area contributed by atoms with Gasteiger partial charge >= 0.3 is 0 Å². The molecule has 0 bridgehead atoms. The molecule has 7 heteroatoms. The third kappa shape index (κ3) is 3.30. The standard InChI is InChI=1S/C14H16BrN5O/c15-12-2-1-5-17-13(12)14(21)19-10-8-18-20(9-10)11-3-6-16-7-4-11/h1-2,5,8-9,11,16H,3-4,6-7H2,(H,19,21). The zero-order valence-electron chi connectivity index (χ0n) is 11.4. The monoisotopic (exact) mass is 349 g/mol. The fourth-order valence-electron chi connectivity index (χ4n) is 2.42. The lowest BCUT2D eigenvalue weighted by Crippen LogP contribution is -2.29. The average Bonchev–Trinajstić information content (AvgIpc) is 2.97. The summed E-state index contributed by atoms with van der Waals surface area (Å²) in [6.45, 7) is 2.01. The first-order valence-electron chi connectivity index (χ1n) is 6.91. The molecule has 0 saturated carbocycles. The van der Waals surface area contributed by atoms with Crippen molar-refractivity contribution in [2.75, 3.05) is 18.4 Å². The van der Waals surface area contributed by atoms with Crippen molar-refractivity contribution in [2.45, 2.75) is 18.9 Å². The molecule has 0 aromatic carbocycles. The van der Waals surface area contributed by atoms with Crippen molar-refractivity contribution in [3.63, 3.8) is 0 Å². The minimum Gasteiger partial charge on any atom is -0.318 e. The Labute approximate surface area is 131 Å². The largest absolute Gasteiger partial charge is 0.318 e. The quantitative estimate of drug-likeness (QED) is 0.891. The van der Waals surface area contributed by atoms with Crippen LogP contribution in [0.4, 0.5) is 5.69 Å². The molecular weight excluding hydrogens is 334 g/mol. The average molecular weight is 350 g/mol. The fraction of sp³-hybridized carbons (Fsp3) is 0.357. The number of hydrogen-bond acceptors (Lipinski definition) is 4. The van der Waals surface area contributed by atoms with Crippen LogP contribution in [0.15, 0.2) is 35.2 Å². The van der Waals surface area contributed by atoms with E-state index < -0.39 is 0 Å². The Kier molecular flexibility index (Phi) is 4.31. The zero-order chi connectivity index (χ0) is 14.7. The van der Waals surface area contributed by atoms with E-state index >= 15 is 0 Å². The van der Waals surface area contributed by atoms with Gasteiger partial charge in [0.1, 0.15) is 5.69 Å². The van der Waals surface area contributed by atoms with Crippen LogP contribution in [-0.2, 0) is 0 Å². The molecule has 1 aliphatic rings. The van der Waals surface area contributed by atoms with Crippen LogP contribution >= 0.6 is 15.9 Å². The molecule has 1 aliphatic heterocycles. The number of hydrogen-bond donors (Lipinski definition) is 2. The van der Waals surface area contributed by atoms with Crippen molar-refractivity contribution in [1.82, 2.24) is 20.1 Å². The highest BCUT2D eigenvalue weighted by Crippen LogP contribution is 2.20. The van der Waals surface area contributed by atoms with Gasteiger partial charge in [-0.25, -0.2) is 4.98 Å². The summed E-state index contributed by atoms with van der Waals surface area (Å²) >= 11 is 3.33. The summed E-state index contributed by atoms with van der Waals surface area (Å²) in [4.78, 5) is 16.2. The molecule has 0 aliphatic carbocycles. The summed E-state index contributed by atoms with van der Waals surface area (Å²) in [5.74, 6) is -0.243. The Morgan fingerprint density at radius 3 is 3.00 bits per heavy atom. The zero-order valence-corrected chi connectivity index (χ0v) is 13.0. The van der Waals surface area contributed by atoms with Crippen LogP contribution in [0.1, 0.15) is 29.4 Å². The van der Waals surface area contributed by atoms with Gasteiger partial charge in [0.25, 0.3) is 5.91 Å².